The molecule has 10 N–H and O–H groups in total. The first-order chi connectivity index (χ1) is 12.2. The summed E-state index contributed by atoms with van der Waals surface area (Å²) in [5.74, 6) is 0. The molecule has 164 valence electrons. The van der Waals surface area contributed by atoms with Crippen LogP contribution in [0, 0.1) is 0 Å². The molecule has 13 nitrogen and oxygen atoms in total. The predicted molar refractivity (Wildman–Crippen MR) is 85.2 cm³/mol. The van der Waals surface area contributed by atoms with E-state index in [0.29, 0.717) is 0 Å². The highest BCUT2D eigenvalue weighted by atomic mass is 16.7. The number of methoxy groups -OCH3 is 2. The fraction of sp³-hybridized carbons (Fsp3) is 1.00. The van der Waals surface area contributed by atoms with Crippen LogP contribution in [0.25, 0.3) is 0 Å². The SMILES string of the molecule is COC1OC(CO)C(O)C(O)C1O.COC1OC(CO)C(O)C(O)C1O.O. The van der Waals surface area contributed by atoms with Gasteiger partial charge < -0.3 is 65.3 Å². The summed E-state index contributed by atoms with van der Waals surface area (Å²) in [4.78, 5) is 0. The molecule has 10 unspecified atom stereocenters. The van der Waals surface area contributed by atoms with Crippen molar-refractivity contribution in [1.29, 1.82) is 0 Å². The van der Waals surface area contributed by atoms with Crippen LogP contribution in [0.15, 0.2) is 0 Å². The van der Waals surface area contributed by atoms with Crippen LogP contribution >= 0.6 is 0 Å². The summed E-state index contributed by atoms with van der Waals surface area (Å²) in [6.45, 7) is -0.879. The molecule has 0 aromatic rings. The minimum absolute atomic E-state index is 0. The van der Waals surface area contributed by atoms with Gasteiger partial charge in [0.15, 0.2) is 12.6 Å². The molecule has 0 bridgehead atoms. The van der Waals surface area contributed by atoms with Crippen molar-refractivity contribution in [3.63, 3.8) is 0 Å². The van der Waals surface area contributed by atoms with Crippen LogP contribution in [0.2, 0.25) is 0 Å². The molecule has 2 heterocycles. The van der Waals surface area contributed by atoms with Crippen molar-refractivity contribution in [2.24, 2.45) is 0 Å². The predicted octanol–water partition coefficient (Wildman–Crippen LogP) is -5.96. The maximum atomic E-state index is 9.28. The van der Waals surface area contributed by atoms with Gasteiger partial charge in [-0.15, -0.1) is 0 Å². The van der Waals surface area contributed by atoms with Gasteiger partial charge in [-0.25, -0.2) is 0 Å². The van der Waals surface area contributed by atoms with Crippen molar-refractivity contribution < 1.29 is 65.3 Å². The quantitative estimate of drug-likeness (QED) is 0.218. The van der Waals surface area contributed by atoms with Gasteiger partial charge in [0.05, 0.1) is 13.2 Å². The van der Waals surface area contributed by atoms with E-state index in [1.807, 2.05) is 0 Å². The van der Waals surface area contributed by atoms with E-state index < -0.39 is 74.6 Å². The second-order valence-corrected chi connectivity index (χ2v) is 5.87. The lowest BCUT2D eigenvalue weighted by Gasteiger charge is -2.38. The molecule has 2 rings (SSSR count). The number of aliphatic hydroxyl groups is 8. The van der Waals surface area contributed by atoms with E-state index in [1.165, 1.54) is 14.2 Å². The largest absolute Gasteiger partial charge is 0.412 e. The molecule has 2 saturated heterocycles. The number of hydrogen-bond acceptors (Lipinski definition) is 12. The van der Waals surface area contributed by atoms with E-state index in [-0.39, 0.29) is 5.48 Å². The van der Waals surface area contributed by atoms with E-state index in [1.54, 1.807) is 0 Å². The van der Waals surface area contributed by atoms with Gasteiger partial charge in [-0.05, 0) is 0 Å². The Balaban J connectivity index is 0.000000483. The van der Waals surface area contributed by atoms with Gasteiger partial charge in [0.25, 0.3) is 0 Å². The third-order valence-electron chi connectivity index (χ3n) is 4.16. The van der Waals surface area contributed by atoms with Crippen LogP contribution in [0.5, 0.6) is 0 Å². The van der Waals surface area contributed by atoms with E-state index in [0.717, 1.165) is 0 Å². The molecule has 2 aliphatic rings. The van der Waals surface area contributed by atoms with Gasteiger partial charge in [-0.3, -0.25) is 0 Å². The van der Waals surface area contributed by atoms with Crippen molar-refractivity contribution in [3.05, 3.63) is 0 Å². The van der Waals surface area contributed by atoms with Crippen LogP contribution < -0.4 is 0 Å². The molecule has 2 aliphatic heterocycles. The maximum Gasteiger partial charge on any atom is 0.186 e. The Morgan fingerprint density at radius 1 is 0.593 bits per heavy atom. The Bertz CT molecular complexity index is 323. The Kier molecular flexibility index (Phi) is 11.9. The third kappa shape index (κ3) is 6.23. The molecule has 0 aromatic heterocycles. The maximum absolute atomic E-state index is 9.28. The Labute approximate surface area is 155 Å². The van der Waals surface area contributed by atoms with Crippen molar-refractivity contribution in [2.45, 2.75) is 61.4 Å². The number of rotatable bonds is 4. The molecule has 0 radical (unpaired) electrons. The first-order valence-electron chi connectivity index (χ1n) is 7.90. The molecule has 10 atom stereocenters. The van der Waals surface area contributed by atoms with Gasteiger partial charge in [0, 0.05) is 14.2 Å². The van der Waals surface area contributed by atoms with Crippen molar-refractivity contribution in [3.8, 4) is 0 Å². The smallest absolute Gasteiger partial charge is 0.186 e. The van der Waals surface area contributed by atoms with Crippen LogP contribution in [0.1, 0.15) is 0 Å². The van der Waals surface area contributed by atoms with Gasteiger partial charge in [-0.1, -0.05) is 0 Å². The summed E-state index contributed by atoms with van der Waals surface area (Å²) in [5, 5.41) is 73.1. The zero-order chi connectivity index (χ0) is 20.0. The highest BCUT2D eigenvalue weighted by Gasteiger charge is 2.44. The summed E-state index contributed by atoms with van der Waals surface area (Å²) < 4.78 is 19.3. The van der Waals surface area contributed by atoms with Gasteiger partial charge in [0.1, 0.15) is 48.8 Å². The Hall–Kier alpha value is -0.520. The normalized spacial score (nSPS) is 44.7. The molecule has 2 fully saturated rings. The lowest BCUT2D eigenvalue weighted by molar-refractivity contribution is -0.294. The average molecular weight is 406 g/mol. The van der Waals surface area contributed by atoms with Crippen LogP contribution in [0.3, 0.4) is 0 Å². The Morgan fingerprint density at radius 3 is 1.11 bits per heavy atom. The van der Waals surface area contributed by atoms with E-state index >= 15 is 0 Å². The van der Waals surface area contributed by atoms with Crippen LogP contribution in [0.4, 0.5) is 0 Å². The third-order valence-corrected chi connectivity index (χ3v) is 4.16. The average Bonchev–Trinajstić information content (AvgIpc) is 2.65. The molecule has 13 heteroatoms. The number of hydrogen-bond donors (Lipinski definition) is 8. The van der Waals surface area contributed by atoms with Gasteiger partial charge in [-0.2, -0.15) is 0 Å². The summed E-state index contributed by atoms with van der Waals surface area (Å²) in [6.07, 6.45) is -11.8. The lowest BCUT2D eigenvalue weighted by atomic mass is 9.99. The molecular formula is C14H30O13. The summed E-state index contributed by atoms with van der Waals surface area (Å²) in [7, 11) is 2.60. The van der Waals surface area contributed by atoms with Crippen LogP contribution in [-0.2, 0) is 18.9 Å². The first kappa shape index (κ1) is 26.5. The van der Waals surface area contributed by atoms with Crippen molar-refractivity contribution >= 4 is 0 Å². The molecule has 0 spiro atoms. The zero-order valence-corrected chi connectivity index (χ0v) is 14.9. The fourth-order valence-corrected chi connectivity index (χ4v) is 2.52. The molecular weight excluding hydrogens is 376 g/mol. The highest BCUT2D eigenvalue weighted by molar-refractivity contribution is 4.89. The zero-order valence-electron chi connectivity index (χ0n) is 14.9. The summed E-state index contributed by atoms with van der Waals surface area (Å²) in [5.41, 5.74) is 0. The molecule has 0 saturated carbocycles. The minimum Gasteiger partial charge on any atom is -0.412 e. The van der Waals surface area contributed by atoms with Gasteiger partial charge in [0.2, 0.25) is 0 Å². The van der Waals surface area contributed by atoms with Crippen LogP contribution in [-0.4, -0.2) is 135 Å². The molecule has 0 aliphatic carbocycles. The Morgan fingerprint density at radius 2 is 0.889 bits per heavy atom. The lowest BCUT2D eigenvalue weighted by Crippen LogP contribution is -2.58. The monoisotopic (exact) mass is 406 g/mol. The van der Waals surface area contributed by atoms with Gasteiger partial charge >= 0.3 is 0 Å². The van der Waals surface area contributed by atoms with E-state index in [4.69, 9.17) is 29.2 Å². The standard InChI is InChI=1S/2C7H14O6.H2O/c2*1-12-7-6(11)5(10)4(9)3(2-8)13-7;/h2*3-11H,2H2,1H3;1H2. The second-order valence-electron chi connectivity index (χ2n) is 5.87. The summed E-state index contributed by atoms with van der Waals surface area (Å²) >= 11 is 0. The van der Waals surface area contributed by atoms with Crippen molar-refractivity contribution in [2.75, 3.05) is 27.4 Å². The molecule has 27 heavy (non-hydrogen) atoms. The summed E-state index contributed by atoms with van der Waals surface area (Å²) in [6, 6.07) is 0. The molecule has 0 amide bonds. The first-order valence-corrected chi connectivity index (χ1v) is 7.90. The highest BCUT2D eigenvalue weighted by Crippen LogP contribution is 2.22. The second kappa shape index (κ2) is 12.1. The topological polar surface area (TPSA) is 230 Å². The minimum atomic E-state index is -1.36. The van der Waals surface area contributed by atoms with E-state index in [9.17, 15) is 30.6 Å². The molecule has 0 aromatic carbocycles. The van der Waals surface area contributed by atoms with E-state index in [2.05, 4.69) is 0 Å². The fourth-order valence-electron chi connectivity index (χ4n) is 2.52. The number of ether oxygens (including phenoxy) is 4. The number of aliphatic hydroxyl groups excluding tert-OH is 8. The van der Waals surface area contributed by atoms with Crippen molar-refractivity contribution in [1.82, 2.24) is 0 Å².